The van der Waals surface area contributed by atoms with Crippen LogP contribution in [-0.2, 0) is 9.53 Å². The number of hydrogen-bond donors (Lipinski definition) is 1. The summed E-state index contributed by atoms with van der Waals surface area (Å²) < 4.78 is 11.8. The van der Waals surface area contributed by atoms with E-state index in [1.54, 1.807) is 6.20 Å². The highest BCUT2D eigenvalue weighted by Gasteiger charge is 2.39. The molecule has 5 nitrogen and oxygen atoms in total. The fourth-order valence-electron chi connectivity index (χ4n) is 3.37. The van der Waals surface area contributed by atoms with Crippen LogP contribution in [-0.4, -0.2) is 29.7 Å². The molecule has 0 saturated heterocycles. The van der Waals surface area contributed by atoms with Crippen molar-refractivity contribution >= 4 is 11.6 Å². The van der Waals surface area contributed by atoms with E-state index in [1.807, 2.05) is 13.0 Å². The number of unbranched alkanes of at least 4 members (excludes halogenated alkanes) is 1. The largest absolute Gasteiger partial charge is 0.477 e. The second-order valence-corrected chi connectivity index (χ2v) is 7.26. The molecule has 1 aliphatic carbocycles. The first-order valence-corrected chi connectivity index (χ1v) is 10.2. The zero-order valence-corrected chi connectivity index (χ0v) is 16.6. The number of carbonyl (C=O) groups excluding carboxylic acids is 1. The quantitative estimate of drug-likeness (QED) is 0.494. The van der Waals surface area contributed by atoms with E-state index in [9.17, 15) is 4.79 Å². The van der Waals surface area contributed by atoms with Gasteiger partial charge in [-0.2, -0.15) is 0 Å². The summed E-state index contributed by atoms with van der Waals surface area (Å²) >= 11 is 0. The van der Waals surface area contributed by atoms with Gasteiger partial charge in [0.15, 0.2) is 0 Å². The van der Waals surface area contributed by atoms with Gasteiger partial charge in [-0.1, -0.05) is 46.0 Å². The predicted octanol–water partition coefficient (Wildman–Crippen LogP) is 5.03. The summed E-state index contributed by atoms with van der Waals surface area (Å²) in [7, 11) is 0. The molecular weight excluding hydrogens is 328 g/mol. The molecule has 5 heteroatoms. The molecule has 1 saturated carbocycles. The molecule has 26 heavy (non-hydrogen) atoms. The van der Waals surface area contributed by atoms with E-state index in [0.29, 0.717) is 24.8 Å². The molecule has 0 radical (unpaired) electrons. The first kappa shape index (κ1) is 20.7. The number of aromatic nitrogens is 1. The van der Waals surface area contributed by atoms with Crippen LogP contribution in [0.1, 0.15) is 77.2 Å². The van der Waals surface area contributed by atoms with Gasteiger partial charge < -0.3 is 14.8 Å². The van der Waals surface area contributed by atoms with Crippen molar-refractivity contribution in [3.8, 4) is 5.88 Å². The highest BCUT2D eigenvalue weighted by molar-refractivity contribution is 5.97. The van der Waals surface area contributed by atoms with Gasteiger partial charge in [0, 0.05) is 12.2 Å². The summed E-state index contributed by atoms with van der Waals surface area (Å²) in [6.45, 7) is 7.46. The number of ether oxygens (including phenoxy) is 2. The van der Waals surface area contributed by atoms with Crippen molar-refractivity contribution in [2.75, 3.05) is 18.5 Å². The number of rotatable bonds is 9. The Labute approximate surface area is 157 Å². The number of amides is 1. The molecule has 1 amide bonds. The van der Waals surface area contributed by atoms with Crippen molar-refractivity contribution in [1.29, 1.82) is 0 Å². The van der Waals surface area contributed by atoms with Gasteiger partial charge in [-0.3, -0.25) is 4.79 Å². The van der Waals surface area contributed by atoms with Crippen LogP contribution < -0.4 is 10.1 Å². The standard InChI is InChI=1S/C21H34N2O3/c1-4-6-14-25-19-17(3)15-18(16-22-19)23-20(24)21(26-13-5-2)11-9-7-8-10-12-21/h15-16H,4-14H2,1-3H3,(H,23,24). The lowest BCUT2D eigenvalue weighted by Crippen LogP contribution is -2.45. The van der Waals surface area contributed by atoms with Gasteiger partial charge in [0.1, 0.15) is 5.60 Å². The lowest BCUT2D eigenvalue weighted by atomic mass is 9.92. The normalized spacial score (nSPS) is 16.7. The highest BCUT2D eigenvalue weighted by atomic mass is 16.5. The second-order valence-electron chi connectivity index (χ2n) is 7.26. The van der Waals surface area contributed by atoms with Crippen LogP contribution in [0.25, 0.3) is 0 Å². The van der Waals surface area contributed by atoms with Crippen molar-refractivity contribution in [1.82, 2.24) is 4.98 Å². The Hall–Kier alpha value is -1.62. The summed E-state index contributed by atoms with van der Waals surface area (Å²) in [5.74, 6) is 0.608. The van der Waals surface area contributed by atoms with E-state index in [-0.39, 0.29) is 5.91 Å². The van der Waals surface area contributed by atoms with Crippen molar-refractivity contribution in [2.45, 2.75) is 84.2 Å². The molecule has 0 aromatic carbocycles. The predicted molar refractivity (Wildman–Crippen MR) is 105 cm³/mol. The van der Waals surface area contributed by atoms with Crippen LogP contribution in [0.15, 0.2) is 12.3 Å². The maximum absolute atomic E-state index is 13.1. The zero-order chi connectivity index (χ0) is 18.8. The average Bonchev–Trinajstić information content (AvgIpc) is 2.88. The van der Waals surface area contributed by atoms with Gasteiger partial charge in [-0.05, 0) is 38.7 Å². The summed E-state index contributed by atoms with van der Waals surface area (Å²) in [6, 6.07) is 1.93. The summed E-state index contributed by atoms with van der Waals surface area (Å²) in [5, 5.41) is 3.04. The SMILES string of the molecule is CCCCOc1ncc(NC(=O)C2(OCCC)CCCCCC2)cc1C. The van der Waals surface area contributed by atoms with E-state index in [1.165, 1.54) is 12.8 Å². The van der Waals surface area contributed by atoms with Crippen molar-refractivity contribution < 1.29 is 14.3 Å². The topological polar surface area (TPSA) is 60.5 Å². The Morgan fingerprint density at radius 1 is 1.15 bits per heavy atom. The number of pyridine rings is 1. The Balaban J connectivity index is 2.06. The molecule has 1 fully saturated rings. The Morgan fingerprint density at radius 2 is 1.88 bits per heavy atom. The van der Waals surface area contributed by atoms with Crippen LogP contribution in [0, 0.1) is 6.92 Å². The summed E-state index contributed by atoms with van der Waals surface area (Å²) in [6.07, 6.45) is 10.7. The first-order valence-electron chi connectivity index (χ1n) is 10.2. The minimum Gasteiger partial charge on any atom is -0.477 e. The smallest absolute Gasteiger partial charge is 0.256 e. The van der Waals surface area contributed by atoms with Crippen LogP contribution in [0.4, 0.5) is 5.69 Å². The fraction of sp³-hybridized carbons (Fsp3) is 0.714. The minimum atomic E-state index is -0.698. The number of carbonyl (C=O) groups is 1. The van der Waals surface area contributed by atoms with E-state index in [2.05, 4.69) is 24.1 Å². The molecule has 0 aliphatic heterocycles. The molecular formula is C21H34N2O3. The number of nitrogens with zero attached hydrogens (tertiary/aromatic N) is 1. The first-order chi connectivity index (χ1) is 12.6. The second kappa shape index (κ2) is 10.5. The lowest BCUT2D eigenvalue weighted by molar-refractivity contribution is -0.143. The molecule has 0 spiro atoms. The zero-order valence-electron chi connectivity index (χ0n) is 16.6. The molecule has 1 heterocycles. The molecule has 146 valence electrons. The van der Waals surface area contributed by atoms with Gasteiger partial charge in [-0.15, -0.1) is 0 Å². The van der Waals surface area contributed by atoms with E-state index in [4.69, 9.17) is 9.47 Å². The van der Waals surface area contributed by atoms with Gasteiger partial charge >= 0.3 is 0 Å². The molecule has 1 aromatic rings. The molecule has 1 aromatic heterocycles. The van der Waals surface area contributed by atoms with Crippen molar-refractivity contribution in [3.05, 3.63) is 17.8 Å². The van der Waals surface area contributed by atoms with Gasteiger partial charge in [0.25, 0.3) is 5.91 Å². The molecule has 0 unspecified atom stereocenters. The molecule has 1 aliphatic rings. The fourth-order valence-corrected chi connectivity index (χ4v) is 3.37. The third-order valence-corrected chi connectivity index (χ3v) is 4.93. The summed E-state index contributed by atoms with van der Waals surface area (Å²) in [4.78, 5) is 17.4. The third-order valence-electron chi connectivity index (χ3n) is 4.93. The third kappa shape index (κ3) is 5.70. The Kier molecular flexibility index (Phi) is 8.36. The average molecular weight is 363 g/mol. The monoisotopic (exact) mass is 362 g/mol. The Bertz CT molecular complexity index is 566. The number of anilines is 1. The molecule has 0 atom stereocenters. The number of aryl methyl sites for hydroxylation is 1. The minimum absolute atomic E-state index is 0.0336. The lowest BCUT2D eigenvalue weighted by Gasteiger charge is -2.31. The highest BCUT2D eigenvalue weighted by Crippen LogP contribution is 2.32. The van der Waals surface area contributed by atoms with E-state index in [0.717, 1.165) is 50.5 Å². The van der Waals surface area contributed by atoms with Crippen molar-refractivity contribution in [3.63, 3.8) is 0 Å². The van der Waals surface area contributed by atoms with E-state index >= 15 is 0 Å². The summed E-state index contributed by atoms with van der Waals surface area (Å²) in [5.41, 5.74) is 0.943. The Morgan fingerprint density at radius 3 is 2.50 bits per heavy atom. The van der Waals surface area contributed by atoms with Crippen LogP contribution in [0.2, 0.25) is 0 Å². The number of hydrogen-bond acceptors (Lipinski definition) is 4. The molecule has 2 rings (SSSR count). The van der Waals surface area contributed by atoms with Crippen LogP contribution in [0.3, 0.4) is 0 Å². The van der Waals surface area contributed by atoms with Gasteiger partial charge in [0.2, 0.25) is 5.88 Å². The van der Waals surface area contributed by atoms with E-state index < -0.39 is 5.60 Å². The van der Waals surface area contributed by atoms with Crippen LogP contribution >= 0.6 is 0 Å². The van der Waals surface area contributed by atoms with Gasteiger partial charge in [0.05, 0.1) is 18.5 Å². The van der Waals surface area contributed by atoms with Crippen LogP contribution in [0.5, 0.6) is 5.88 Å². The maximum atomic E-state index is 13.1. The number of nitrogens with one attached hydrogen (secondary N) is 1. The van der Waals surface area contributed by atoms with Gasteiger partial charge in [-0.25, -0.2) is 4.98 Å². The van der Waals surface area contributed by atoms with Crippen molar-refractivity contribution in [2.24, 2.45) is 0 Å². The molecule has 1 N–H and O–H groups in total. The molecule has 0 bridgehead atoms. The maximum Gasteiger partial charge on any atom is 0.256 e.